The predicted molar refractivity (Wildman–Crippen MR) is 74.6 cm³/mol. The second-order valence-electron chi connectivity index (χ2n) is 4.03. The Kier molecular flexibility index (Phi) is 4.21. The minimum absolute atomic E-state index is 0.334. The SMILES string of the molecule is CCn1ncc(Br)c1C(N)c1c(F)cccc1OC. The van der Waals surface area contributed by atoms with Gasteiger partial charge < -0.3 is 10.5 Å². The van der Waals surface area contributed by atoms with Gasteiger partial charge in [-0.15, -0.1) is 0 Å². The first-order chi connectivity index (χ1) is 9.10. The summed E-state index contributed by atoms with van der Waals surface area (Å²) in [7, 11) is 1.50. The first-order valence-electron chi connectivity index (χ1n) is 5.89. The molecule has 0 spiro atoms. The predicted octanol–water partition coefficient (Wildman–Crippen LogP) is 2.86. The molecule has 6 heteroatoms. The van der Waals surface area contributed by atoms with Crippen LogP contribution in [0.15, 0.2) is 28.9 Å². The molecule has 1 aromatic carbocycles. The summed E-state index contributed by atoms with van der Waals surface area (Å²) in [5, 5.41) is 4.19. The molecule has 1 atom stereocenters. The van der Waals surface area contributed by atoms with Crippen LogP contribution in [0.1, 0.15) is 24.2 Å². The molecule has 2 rings (SSSR count). The summed E-state index contributed by atoms with van der Waals surface area (Å²) in [4.78, 5) is 0. The highest BCUT2D eigenvalue weighted by Crippen LogP contribution is 2.33. The van der Waals surface area contributed by atoms with Crippen LogP contribution in [0, 0.1) is 5.82 Å². The molecule has 2 aromatic rings. The van der Waals surface area contributed by atoms with Crippen LogP contribution in [0.3, 0.4) is 0 Å². The van der Waals surface area contributed by atoms with Crippen LogP contribution in [-0.2, 0) is 6.54 Å². The zero-order valence-corrected chi connectivity index (χ0v) is 12.3. The lowest BCUT2D eigenvalue weighted by atomic mass is 10.0. The van der Waals surface area contributed by atoms with E-state index >= 15 is 0 Å². The third-order valence-corrected chi connectivity index (χ3v) is 3.58. The van der Waals surface area contributed by atoms with Crippen LogP contribution in [0.25, 0.3) is 0 Å². The number of hydrogen-bond donors (Lipinski definition) is 1. The van der Waals surface area contributed by atoms with E-state index in [2.05, 4.69) is 21.0 Å². The third kappa shape index (κ3) is 2.50. The van der Waals surface area contributed by atoms with Crippen LogP contribution in [0.2, 0.25) is 0 Å². The highest BCUT2D eigenvalue weighted by Gasteiger charge is 2.23. The van der Waals surface area contributed by atoms with Gasteiger partial charge in [0.2, 0.25) is 0 Å². The van der Waals surface area contributed by atoms with Gasteiger partial charge in [-0.1, -0.05) is 6.07 Å². The maximum atomic E-state index is 14.0. The number of aryl methyl sites for hydroxylation is 1. The highest BCUT2D eigenvalue weighted by molar-refractivity contribution is 9.10. The summed E-state index contributed by atoms with van der Waals surface area (Å²) in [5.41, 5.74) is 7.27. The van der Waals surface area contributed by atoms with Crippen molar-refractivity contribution in [3.63, 3.8) is 0 Å². The number of nitrogens with two attached hydrogens (primary N) is 1. The number of rotatable bonds is 4. The molecule has 0 saturated carbocycles. The molecule has 2 N–H and O–H groups in total. The number of hydrogen-bond acceptors (Lipinski definition) is 3. The van der Waals surface area contributed by atoms with Crippen molar-refractivity contribution < 1.29 is 9.13 Å². The van der Waals surface area contributed by atoms with Gasteiger partial charge in [0.1, 0.15) is 11.6 Å². The van der Waals surface area contributed by atoms with E-state index in [0.29, 0.717) is 17.9 Å². The molecule has 1 heterocycles. The fraction of sp³-hybridized carbons (Fsp3) is 0.308. The van der Waals surface area contributed by atoms with Crippen LogP contribution in [0.4, 0.5) is 4.39 Å². The van der Waals surface area contributed by atoms with Crippen molar-refractivity contribution in [3.8, 4) is 5.75 Å². The first kappa shape index (κ1) is 14.0. The molecule has 0 bridgehead atoms. The van der Waals surface area contributed by atoms with E-state index in [1.54, 1.807) is 23.0 Å². The summed E-state index contributed by atoms with van der Waals surface area (Å²) in [6, 6.07) is 4.01. The van der Waals surface area contributed by atoms with Crippen molar-refractivity contribution in [2.24, 2.45) is 5.73 Å². The van der Waals surface area contributed by atoms with Crippen molar-refractivity contribution in [2.45, 2.75) is 19.5 Å². The minimum atomic E-state index is -0.645. The Morgan fingerprint density at radius 3 is 2.89 bits per heavy atom. The van der Waals surface area contributed by atoms with Crippen LogP contribution in [-0.4, -0.2) is 16.9 Å². The lowest BCUT2D eigenvalue weighted by molar-refractivity contribution is 0.400. The largest absolute Gasteiger partial charge is 0.496 e. The van der Waals surface area contributed by atoms with Crippen LogP contribution >= 0.6 is 15.9 Å². The van der Waals surface area contributed by atoms with Gasteiger partial charge >= 0.3 is 0 Å². The number of ether oxygens (including phenoxy) is 1. The zero-order valence-electron chi connectivity index (χ0n) is 10.7. The van der Waals surface area contributed by atoms with E-state index in [0.717, 1.165) is 10.2 Å². The van der Waals surface area contributed by atoms with E-state index < -0.39 is 6.04 Å². The van der Waals surface area contributed by atoms with Crippen molar-refractivity contribution >= 4 is 15.9 Å². The van der Waals surface area contributed by atoms with Crippen molar-refractivity contribution in [3.05, 3.63) is 45.9 Å². The molecule has 1 unspecified atom stereocenters. The van der Waals surface area contributed by atoms with E-state index in [9.17, 15) is 4.39 Å². The Morgan fingerprint density at radius 1 is 1.53 bits per heavy atom. The molecule has 1 aromatic heterocycles. The summed E-state index contributed by atoms with van der Waals surface area (Å²) in [5.74, 6) is 0.0471. The molecular formula is C13H15BrFN3O. The Balaban J connectivity index is 2.55. The van der Waals surface area contributed by atoms with Gasteiger partial charge in [0.15, 0.2) is 0 Å². The van der Waals surface area contributed by atoms with Gasteiger partial charge in [-0.05, 0) is 35.0 Å². The fourth-order valence-electron chi connectivity index (χ4n) is 2.07. The molecule has 0 aliphatic heterocycles. The molecule has 0 saturated heterocycles. The number of aromatic nitrogens is 2. The summed E-state index contributed by atoms with van der Waals surface area (Å²) >= 11 is 3.40. The maximum absolute atomic E-state index is 14.0. The lowest BCUT2D eigenvalue weighted by Crippen LogP contribution is -2.19. The van der Waals surface area contributed by atoms with E-state index in [-0.39, 0.29) is 5.82 Å². The topological polar surface area (TPSA) is 53.1 Å². The zero-order chi connectivity index (χ0) is 14.0. The van der Waals surface area contributed by atoms with E-state index in [1.165, 1.54) is 13.2 Å². The van der Waals surface area contributed by atoms with Gasteiger partial charge in [0.25, 0.3) is 0 Å². The summed E-state index contributed by atoms with van der Waals surface area (Å²) in [6.07, 6.45) is 1.66. The van der Waals surface area contributed by atoms with Gasteiger partial charge in [-0.3, -0.25) is 4.68 Å². The Labute approximate surface area is 119 Å². The lowest BCUT2D eigenvalue weighted by Gasteiger charge is -2.18. The molecule has 0 aliphatic carbocycles. The molecule has 102 valence electrons. The summed E-state index contributed by atoms with van der Waals surface area (Å²) < 4.78 is 21.7. The minimum Gasteiger partial charge on any atom is -0.496 e. The fourth-order valence-corrected chi connectivity index (χ4v) is 2.61. The van der Waals surface area contributed by atoms with Gasteiger partial charge in [0, 0.05) is 6.54 Å². The molecule has 0 amide bonds. The quantitative estimate of drug-likeness (QED) is 0.939. The highest BCUT2D eigenvalue weighted by atomic mass is 79.9. The van der Waals surface area contributed by atoms with E-state index in [4.69, 9.17) is 10.5 Å². The van der Waals surface area contributed by atoms with Gasteiger partial charge in [-0.25, -0.2) is 4.39 Å². The Morgan fingerprint density at radius 2 is 2.26 bits per heavy atom. The number of methoxy groups -OCH3 is 1. The molecule has 19 heavy (non-hydrogen) atoms. The molecule has 0 radical (unpaired) electrons. The van der Waals surface area contributed by atoms with E-state index in [1.807, 2.05) is 6.92 Å². The second kappa shape index (κ2) is 5.71. The van der Waals surface area contributed by atoms with Gasteiger partial charge in [-0.2, -0.15) is 5.10 Å². The van der Waals surface area contributed by atoms with Crippen molar-refractivity contribution in [1.82, 2.24) is 9.78 Å². The normalized spacial score (nSPS) is 12.5. The van der Waals surface area contributed by atoms with Crippen molar-refractivity contribution in [1.29, 1.82) is 0 Å². The monoisotopic (exact) mass is 327 g/mol. The average Bonchev–Trinajstić information content (AvgIpc) is 2.78. The second-order valence-corrected chi connectivity index (χ2v) is 4.88. The number of nitrogens with zero attached hydrogens (tertiary/aromatic N) is 2. The van der Waals surface area contributed by atoms with Crippen LogP contribution in [0.5, 0.6) is 5.75 Å². The number of benzene rings is 1. The first-order valence-corrected chi connectivity index (χ1v) is 6.68. The Bertz CT molecular complexity index is 585. The number of halogens is 2. The molecule has 0 aliphatic rings. The van der Waals surface area contributed by atoms with Crippen molar-refractivity contribution in [2.75, 3.05) is 7.11 Å². The molecule has 0 fully saturated rings. The summed E-state index contributed by atoms with van der Waals surface area (Å²) in [6.45, 7) is 2.61. The maximum Gasteiger partial charge on any atom is 0.132 e. The smallest absolute Gasteiger partial charge is 0.132 e. The Hall–Kier alpha value is -1.40. The molecule has 4 nitrogen and oxygen atoms in total. The standard InChI is InChI=1S/C13H15BrFN3O/c1-3-18-13(8(14)7-17-18)12(16)11-9(15)5-4-6-10(11)19-2/h4-7,12H,3,16H2,1-2H3. The molecular weight excluding hydrogens is 313 g/mol. The van der Waals surface area contributed by atoms with Gasteiger partial charge in [0.05, 0.1) is 35.1 Å². The average molecular weight is 328 g/mol. The third-order valence-electron chi connectivity index (χ3n) is 2.97. The van der Waals surface area contributed by atoms with Crippen LogP contribution < -0.4 is 10.5 Å².